The normalized spacial score (nSPS) is 13.8. The van der Waals surface area contributed by atoms with E-state index < -0.39 is 24.2 Å². The van der Waals surface area contributed by atoms with Gasteiger partial charge in [-0.2, -0.15) is 5.20 Å². The van der Waals surface area contributed by atoms with Gasteiger partial charge in [0.05, 0.1) is 15.2 Å². The summed E-state index contributed by atoms with van der Waals surface area (Å²) in [6, 6.07) is 4.60. The summed E-state index contributed by atoms with van der Waals surface area (Å²) >= 11 is 0. The predicted molar refractivity (Wildman–Crippen MR) is 151 cm³/mol. The van der Waals surface area contributed by atoms with Gasteiger partial charge < -0.3 is 17.8 Å². The van der Waals surface area contributed by atoms with Crippen LogP contribution in [0.15, 0.2) is 29.5 Å². The Kier molecular flexibility index (Phi) is 14.5. The van der Waals surface area contributed by atoms with Crippen molar-refractivity contribution in [3.63, 3.8) is 0 Å². The van der Waals surface area contributed by atoms with Crippen molar-refractivity contribution in [1.29, 1.82) is 0 Å². The molecule has 0 N–H and O–H groups in total. The number of rotatable bonds is 3. The minimum Gasteiger partial charge on any atom is -0.497 e. The summed E-state index contributed by atoms with van der Waals surface area (Å²) in [6.07, 6.45) is 8.78. The van der Waals surface area contributed by atoms with E-state index in [0.717, 1.165) is 12.2 Å². The van der Waals surface area contributed by atoms with Crippen molar-refractivity contribution in [3.05, 3.63) is 59.8 Å². The first kappa shape index (κ1) is 34.6. The summed E-state index contributed by atoms with van der Waals surface area (Å²) in [5, 5.41) is 2.87. The molecule has 0 saturated carbocycles. The fraction of sp³-hybridized carbons (Fsp3) is 0.556. The number of ether oxygens (including phenoxy) is 1. The van der Waals surface area contributed by atoms with E-state index in [9.17, 15) is 0 Å². The molecule has 5 heteroatoms. The SMILES string of the molecule is COc1c(C(C)(C)C)cc(C)cc1[Si](C)(C)C1=[C-]C=CC1.[CH2-][Si](C)(C)C.[CH2-][Si](C)(C)C.[Lu+3]. The van der Waals surface area contributed by atoms with Crippen LogP contribution in [0.4, 0.5) is 0 Å². The summed E-state index contributed by atoms with van der Waals surface area (Å²) in [5.41, 5.74) is 2.72. The van der Waals surface area contributed by atoms with Crippen LogP contribution in [-0.2, 0) is 5.41 Å². The summed E-state index contributed by atoms with van der Waals surface area (Å²) in [4.78, 5) is 0. The molecule has 0 radical (unpaired) electrons. The Balaban J connectivity index is 0. The first-order valence-corrected chi connectivity index (χ1v) is 21.8. The molecule has 0 heterocycles. The van der Waals surface area contributed by atoms with Gasteiger partial charge in [-0.15, -0.1) is 22.6 Å². The van der Waals surface area contributed by atoms with Gasteiger partial charge in [0.15, 0.2) is 0 Å². The number of hydrogen-bond donors (Lipinski definition) is 0. The maximum atomic E-state index is 5.88. The number of methoxy groups -OCH3 is 1. The van der Waals surface area contributed by atoms with Gasteiger partial charge in [0.1, 0.15) is 5.75 Å². The maximum Gasteiger partial charge on any atom is 3.00 e. The van der Waals surface area contributed by atoms with Gasteiger partial charge in [0, 0.05) is 0 Å². The Bertz CT molecular complexity index is 750. The van der Waals surface area contributed by atoms with E-state index in [1.54, 1.807) is 7.11 Å². The second-order valence-corrected chi connectivity index (χ2v) is 27.3. The van der Waals surface area contributed by atoms with Crippen molar-refractivity contribution < 1.29 is 41.6 Å². The molecule has 1 aromatic rings. The second-order valence-electron chi connectivity index (χ2n) is 12.6. The third kappa shape index (κ3) is 13.9. The van der Waals surface area contributed by atoms with E-state index in [-0.39, 0.29) is 42.3 Å². The van der Waals surface area contributed by atoms with E-state index in [1.807, 2.05) is 0 Å². The predicted octanol–water partition coefficient (Wildman–Crippen LogP) is 7.84. The van der Waals surface area contributed by atoms with Crippen LogP contribution in [0.25, 0.3) is 0 Å². The summed E-state index contributed by atoms with van der Waals surface area (Å²) in [5.74, 6) is 1.09. The van der Waals surface area contributed by atoms with Gasteiger partial charge in [0.2, 0.25) is 0 Å². The largest absolute Gasteiger partial charge is 3.00 e. The summed E-state index contributed by atoms with van der Waals surface area (Å²) in [6.45, 7) is 34.9. The van der Waals surface area contributed by atoms with Gasteiger partial charge in [-0.05, 0) is 23.1 Å². The van der Waals surface area contributed by atoms with Crippen LogP contribution in [0.3, 0.4) is 0 Å². The molecule has 0 spiro atoms. The van der Waals surface area contributed by atoms with E-state index in [2.05, 4.69) is 124 Å². The van der Waals surface area contributed by atoms with Crippen LogP contribution in [0.5, 0.6) is 5.75 Å². The van der Waals surface area contributed by atoms with Crippen molar-refractivity contribution in [2.75, 3.05) is 7.11 Å². The Hall–Kier alpha value is 0.384. The molecule has 0 unspecified atom stereocenters. The van der Waals surface area contributed by atoms with Crippen LogP contribution >= 0.6 is 0 Å². The smallest absolute Gasteiger partial charge is 0.497 e. The minimum absolute atomic E-state index is 0. The first-order chi connectivity index (χ1) is 13.7. The molecule has 0 amide bonds. The first-order valence-electron chi connectivity index (χ1n) is 11.4. The zero-order valence-corrected chi connectivity index (χ0v) is 27.8. The fourth-order valence-electron chi connectivity index (χ4n) is 3.01. The summed E-state index contributed by atoms with van der Waals surface area (Å²) < 4.78 is 5.88. The van der Waals surface area contributed by atoms with Crippen molar-refractivity contribution >= 4 is 29.4 Å². The molecule has 0 aliphatic heterocycles. The van der Waals surface area contributed by atoms with Gasteiger partial charge in [-0.3, -0.25) is 6.08 Å². The van der Waals surface area contributed by atoms with Crippen molar-refractivity contribution in [2.24, 2.45) is 0 Å². The Morgan fingerprint density at radius 1 is 0.906 bits per heavy atom. The second kappa shape index (κ2) is 13.5. The minimum atomic E-state index is -1.74. The van der Waals surface area contributed by atoms with E-state index in [4.69, 9.17) is 4.74 Å². The molecule has 1 aliphatic rings. The molecule has 1 aromatic carbocycles. The quantitative estimate of drug-likeness (QED) is 0.240. The topological polar surface area (TPSA) is 9.23 Å². The van der Waals surface area contributed by atoms with E-state index in [0.29, 0.717) is 0 Å². The van der Waals surface area contributed by atoms with Gasteiger partial charge in [0.25, 0.3) is 0 Å². The fourth-order valence-corrected chi connectivity index (χ4v) is 5.80. The molecule has 0 atom stereocenters. The molecule has 1 aliphatic carbocycles. The molecule has 190 valence electrons. The Morgan fingerprint density at radius 2 is 1.34 bits per heavy atom. The van der Waals surface area contributed by atoms with Crippen LogP contribution < -0.4 is 9.92 Å². The Morgan fingerprint density at radius 3 is 1.66 bits per heavy atom. The van der Waals surface area contributed by atoms with E-state index in [1.165, 1.54) is 21.5 Å². The van der Waals surface area contributed by atoms with Gasteiger partial charge in [-0.1, -0.05) is 90.8 Å². The molecular formula is C27H49LuOSi3. The Labute approximate surface area is 233 Å². The zero-order valence-electron chi connectivity index (χ0n) is 23.1. The summed E-state index contributed by atoms with van der Waals surface area (Å²) in [7, 11) is -1.65. The molecule has 1 nitrogen and oxygen atoms in total. The van der Waals surface area contributed by atoms with Crippen LogP contribution in [0.1, 0.15) is 38.3 Å². The maximum absolute atomic E-state index is 5.88. The standard InChI is InChI=1S/C19H27OSi.2C4H11Si.Lu/c1-14-12-16(19(2,3)4)18(20-5)17(13-14)21(6,7)15-10-8-9-11-15;2*1-5(2,3)4;/h8-9,12-13H,10H2,1-7H3;2*1H2,2-4H3;/q3*-1;+3. The van der Waals surface area contributed by atoms with Crippen LogP contribution in [0.2, 0.25) is 52.4 Å². The molecule has 2 rings (SSSR count). The molecule has 0 aromatic heterocycles. The van der Waals surface area contributed by atoms with Crippen LogP contribution in [-0.4, -0.2) is 31.3 Å². The number of benzene rings is 1. The molecule has 32 heavy (non-hydrogen) atoms. The van der Waals surface area contributed by atoms with Crippen molar-refractivity contribution in [2.45, 2.75) is 91.9 Å². The van der Waals surface area contributed by atoms with Crippen molar-refractivity contribution in [1.82, 2.24) is 0 Å². The average molecular weight is 649 g/mol. The third-order valence-corrected chi connectivity index (χ3v) is 7.95. The number of aryl methyl sites for hydroxylation is 1. The molecule has 0 fully saturated rings. The molecule has 0 bridgehead atoms. The van der Waals surface area contributed by atoms with Crippen molar-refractivity contribution in [3.8, 4) is 5.75 Å². The van der Waals surface area contributed by atoms with Gasteiger partial charge in [-0.25, -0.2) is 12.2 Å². The zero-order chi connectivity index (χ0) is 24.8. The monoisotopic (exact) mass is 648 g/mol. The van der Waals surface area contributed by atoms with Crippen LogP contribution in [0, 0.1) is 63.0 Å². The molecular weight excluding hydrogens is 600 g/mol. The third-order valence-electron chi connectivity index (χ3n) is 4.37. The van der Waals surface area contributed by atoms with Gasteiger partial charge >= 0.3 is 36.9 Å². The number of allylic oxidation sites excluding steroid dienone is 4. The number of hydrogen-bond acceptors (Lipinski definition) is 1. The van der Waals surface area contributed by atoms with E-state index >= 15 is 0 Å². The molecule has 0 saturated heterocycles. The average Bonchev–Trinajstić information content (AvgIpc) is 3.05.